The molecule has 0 bridgehead atoms. The number of rotatable bonds is 9. The highest BCUT2D eigenvalue weighted by atomic mass is 32.1. The van der Waals surface area contributed by atoms with E-state index < -0.39 is 5.76 Å². The largest absolute Gasteiger partial charge is 0.496 e. The lowest BCUT2D eigenvalue weighted by atomic mass is 9.91. The zero-order valence-electron chi connectivity index (χ0n) is 29.3. The van der Waals surface area contributed by atoms with Gasteiger partial charge in [0.1, 0.15) is 11.6 Å². The summed E-state index contributed by atoms with van der Waals surface area (Å²) in [6.07, 6.45) is 7.83. The van der Waals surface area contributed by atoms with Gasteiger partial charge in [-0.2, -0.15) is 0 Å². The van der Waals surface area contributed by atoms with Gasteiger partial charge in [-0.3, -0.25) is 19.3 Å². The number of carbonyl (C=O) groups is 1. The van der Waals surface area contributed by atoms with Crippen molar-refractivity contribution in [3.63, 3.8) is 0 Å². The van der Waals surface area contributed by atoms with Crippen LogP contribution in [-0.4, -0.2) is 57.8 Å². The molecule has 2 N–H and O–H groups in total. The van der Waals surface area contributed by atoms with Crippen LogP contribution in [0.25, 0.3) is 31.9 Å². The Hall–Kier alpha value is -5.33. The van der Waals surface area contributed by atoms with Crippen molar-refractivity contribution < 1.29 is 18.8 Å². The lowest BCUT2D eigenvalue weighted by Crippen LogP contribution is -2.22. The number of nitrogens with zero attached hydrogens (tertiary/aromatic N) is 4. The quantitative estimate of drug-likeness (QED) is 0.156. The van der Waals surface area contributed by atoms with E-state index >= 15 is 0 Å². The Morgan fingerprint density at radius 2 is 1.96 bits per heavy atom. The summed E-state index contributed by atoms with van der Waals surface area (Å²) in [7, 11) is 1.72. The number of ether oxygens (including phenoxy) is 2. The maximum atomic E-state index is 14.3. The van der Waals surface area contributed by atoms with Crippen molar-refractivity contribution in [2.75, 3.05) is 32.2 Å². The number of methoxy groups -OCH3 is 1. The van der Waals surface area contributed by atoms with Gasteiger partial charge in [-0.25, -0.2) is 9.78 Å². The fourth-order valence-corrected chi connectivity index (χ4v) is 10.1. The number of fused-ring (bicyclic) bond motifs is 5. The number of aromatic amines is 1. The topological polar surface area (TPSA) is 135 Å². The molecule has 4 aromatic heterocycles. The van der Waals surface area contributed by atoms with Crippen LogP contribution in [0.2, 0.25) is 0 Å². The van der Waals surface area contributed by atoms with Crippen molar-refractivity contribution in [3.8, 4) is 27.6 Å². The van der Waals surface area contributed by atoms with Gasteiger partial charge in [0.05, 0.1) is 53.0 Å². The number of nitrogens with one attached hydrogen (secondary N) is 2. The van der Waals surface area contributed by atoms with Crippen LogP contribution in [0.4, 0.5) is 5.82 Å². The van der Waals surface area contributed by atoms with E-state index in [9.17, 15) is 9.59 Å². The third-order valence-corrected chi connectivity index (χ3v) is 12.6. The number of hydrogen-bond acceptors (Lipinski definition) is 10. The predicted molar refractivity (Wildman–Crippen MR) is 202 cm³/mol. The summed E-state index contributed by atoms with van der Waals surface area (Å²) in [5, 5.41) is 8.96. The average molecular weight is 727 g/mol. The summed E-state index contributed by atoms with van der Waals surface area (Å²) in [5.74, 6) is 1.71. The lowest BCUT2D eigenvalue weighted by Gasteiger charge is -2.17. The van der Waals surface area contributed by atoms with E-state index in [2.05, 4.69) is 51.9 Å². The zero-order valence-corrected chi connectivity index (χ0v) is 30.1. The van der Waals surface area contributed by atoms with Crippen LogP contribution in [0.1, 0.15) is 87.7 Å². The molecule has 2 aromatic carbocycles. The molecular formula is C41H38N6O5S. The average Bonchev–Trinajstić information content (AvgIpc) is 4.04. The molecule has 10 rings (SSSR count). The normalized spacial score (nSPS) is 20.3. The Kier molecular flexibility index (Phi) is 7.90. The third-order valence-electron chi connectivity index (χ3n) is 11.5. The molecule has 0 radical (unpaired) electrons. The van der Waals surface area contributed by atoms with Gasteiger partial charge in [0.25, 0.3) is 5.91 Å². The molecule has 0 saturated carbocycles. The van der Waals surface area contributed by atoms with Crippen LogP contribution in [0.3, 0.4) is 0 Å². The van der Waals surface area contributed by atoms with Crippen molar-refractivity contribution in [2.45, 2.75) is 62.9 Å². The highest BCUT2D eigenvalue weighted by Gasteiger charge is 2.44. The molecule has 12 heteroatoms. The highest BCUT2D eigenvalue weighted by molar-refractivity contribution is 7.23. The summed E-state index contributed by atoms with van der Waals surface area (Å²) in [6, 6.07) is 19.1. The molecule has 4 aliphatic rings. The maximum Gasteiger partial charge on any atom is 0.439 e. The van der Waals surface area contributed by atoms with Crippen LogP contribution in [-0.2, 0) is 24.0 Å². The maximum absolute atomic E-state index is 14.3. The van der Waals surface area contributed by atoms with Gasteiger partial charge < -0.3 is 19.7 Å². The number of benzene rings is 2. The molecular weight excluding hydrogens is 689 g/mol. The van der Waals surface area contributed by atoms with Crippen LogP contribution in [0.15, 0.2) is 70.1 Å². The van der Waals surface area contributed by atoms with Gasteiger partial charge in [-0.1, -0.05) is 41.6 Å². The number of amides is 1. The molecule has 53 heavy (non-hydrogen) atoms. The van der Waals surface area contributed by atoms with Gasteiger partial charge in [0.2, 0.25) is 0 Å². The van der Waals surface area contributed by atoms with E-state index in [0.29, 0.717) is 30.0 Å². The molecule has 2 saturated heterocycles. The number of H-pyrrole nitrogens is 1. The number of aromatic nitrogens is 4. The Morgan fingerprint density at radius 3 is 2.81 bits per heavy atom. The first-order chi connectivity index (χ1) is 26.0. The number of thiophene rings is 1. The lowest BCUT2D eigenvalue weighted by molar-refractivity contribution is 0.0776. The van der Waals surface area contributed by atoms with Crippen molar-refractivity contribution in [1.82, 2.24) is 25.0 Å². The molecule has 1 aliphatic carbocycles. The van der Waals surface area contributed by atoms with E-state index in [-0.39, 0.29) is 23.8 Å². The molecule has 0 spiro atoms. The zero-order chi connectivity index (χ0) is 35.6. The third kappa shape index (κ3) is 5.45. The number of carbonyl (C=O) groups excluding carboxylic acids is 1. The SMILES string of the molecule is COc1cccc2c1CC[C@H]2Nc1nccc2cc(-c3c4c(nc(CCc5cccc(C6CCOC6)c5)c3-c3noc(=O)[nH]3)[C@@H]3CCCN3C4=O)sc12. The molecule has 7 heterocycles. The van der Waals surface area contributed by atoms with E-state index in [4.69, 9.17) is 24.0 Å². The van der Waals surface area contributed by atoms with E-state index in [1.54, 1.807) is 18.4 Å². The highest BCUT2D eigenvalue weighted by Crippen LogP contribution is 2.50. The van der Waals surface area contributed by atoms with Crippen molar-refractivity contribution in [3.05, 3.63) is 111 Å². The molecule has 1 amide bonds. The molecule has 1 unspecified atom stereocenters. The molecule has 3 aliphatic heterocycles. The van der Waals surface area contributed by atoms with Crippen molar-refractivity contribution >= 4 is 33.1 Å². The predicted octanol–water partition coefficient (Wildman–Crippen LogP) is 7.39. The van der Waals surface area contributed by atoms with Crippen molar-refractivity contribution in [2.24, 2.45) is 0 Å². The van der Waals surface area contributed by atoms with Crippen molar-refractivity contribution in [1.29, 1.82) is 0 Å². The van der Waals surface area contributed by atoms with Gasteiger partial charge in [0.15, 0.2) is 5.82 Å². The first-order valence-corrected chi connectivity index (χ1v) is 19.3. The fraction of sp³-hybridized carbons (Fsp3) is 0.341. The van der Waals surface area contributed by atoms with Gasteiger partial charge in [0, 0.05) is 35.7 Å². The molecule has 2 fully saturated rings. The van der Waals surface area contributed by atoms with Gasteiger partial charge in [-0.15, -0.1) is 11.3 Å². The Bertz CT molecular complexity index is 2460. The van der Waals surface area contributed by atoms with Crippen LogP contribution in [0, 0.1) is 0 Å². The molecule has 3 atom stereocenters. The second kappa shape index (κ2) is 13.0. The molecule has 11 nitrogen and oxygen atoms in total. The summed E-state index contributed by atoms with van der Waals surface area (Å²) in [5.41, 5.74) is 8.51. The summed E-state index contributed by atoms with van der Waals surface area (Å²) >= 11 is 1.59. The van der Waals surface area contributed by atoms with E-state index in [1.165, 1.54) is 22.3 Å². The van der Waals surface area contributed by atoms with Crippen LogP contribution < -0.4 is 15.8 Å². The minimum atomic E-state index is -0.656. The van der Waals surface area contributed by atoms with Gasteiger partial charge in [-0.05, 0) is 90.8 Å². The standard InChI is InChI=1S/C41H38N6O5S/c1-50-31-9-3-7-26-27(31)11-13-28(26)44-39-37-24(14-16-42-39)20-32(53-37)34-33(38-45-41(49)52-46-38)29(43-36-30-8-4-17-47(30)40(48)35(34)36)12-10-22-5-2-6-23(19-22)25-15-18-51-21-25/h2-3,5-7,9,14,16,19-20,25,28,30H,4,8,10-13,15,17-18,21H2,1H3,(H,42,44)(H,45,46,49)/t25?,28-,30+/m1/s1. The Morgan fingerprint density at radius 1 is 1.04 bits per heavy atom. The molecule has 268 valence electrons. The van der Waals surface area contributed by atoms with E-state index in [0.717, 1.165) is 95.2 Å². The number of anilines is 1. The summed E-state index contributed by atoms with van der Waals surface area (Å²) in [4.78, 5) is 42.6. The van der Waals surface area contributed by atoms with Gasteiger partial charge >= 0.3 is 5.76 Å². The monoisotopic (exact) mass is 726 g/mol. The van der Waals surface area contributed by atoms with Crippen LogP contribution >= 0.6 is 11.3 Å². The minimum Gasteiger partial charge on any atom is -0.496 e. The second-order valence-electron chi connectivity index (χ2n) is 14.4. The van der Waals surface area contributed by atoms with Crippen LogP contribution in [0.5, 0.6) is 5.75 Å². The second-order valence-corrected chi connectivity index (χ2v) is 15.5. The number of pyridine rings is 2. The number of hydrogen-bond donors (Lipinski definition) is 2. The first kappa shape index (κ1) is 32.3. The molecule has 6 aromatic rings. The first-order valence-electron chi connectivity index (χ1n) is 18.5. The summed E-state index contributed by atoms with van der Waals surface area (Å²) in [6.45, 7) is 2.24. The smallest absolute Gasteiger partial charge is 0.439 e. The minimum absolute atomic E-state index is 0.0273. The number of aryl methyl sites for hydroxylation is 2. The fourth-order valence-electron chi connectivity index (χ4n) is 8.95. The summed E-state index contributed by atoms with van der Waals surface area (Å²) < 4.78 is 17.4. The Labute approximate surface area is 309 Å². The Balaban J connectivity index is 1.10. The van der Waals surface area contributed by atoms with E-state index in [1.807, 2.05) is 29.3 Å².